The van der Waals surface area contributed by atoms with Crippen molar-refractivity contribution in [3.63, 3.8) is 0 Å². The van der Waals surface area contributed by atoms with Gasteiger partial charge in [-0.1, -0.05) is 0 Å². The normalized spacial score (nSPS) is 16.2. The van der Waals surface area contributed by atoms with Gasteiger partial charge in [-0.25, -0.2) is 0 Å². The molecule has 1 unspecified atom stereocenters. The van der Waals surface area contributed by atoms with Crippen molar-refractivity contribution in [1.82, 2.24) is 0 Å². The minimum Gasteiger partial charge on any atom is -0.481 e. The molecule has 0 saturated heterocycles. The Bertz CT molecular complexity index is 256. The lowest BCUT2D eigenvalue weighted by atomic mass is 9.99. The van der Waals surface area contributed by atoms with Gasteiger partial charge in [0.05, 0.1) is 18.6 Å². The van der Waals surface area contributed by atoms with E-state index in [-0.39, 0.29) is 18.8 Å². The van der Waals surface area contributed by atoms with Gasteiger partial charge in [-0.2, -0.15) is 12.6 Å². The number of carboxylic acid groups (broad SMARTS) is 1. The van der Waals surface area contributed by atoms with Crippen molar-refractivity contribution in [3.8, 4) is 0 Å². The van der Waals surface area contributed by atoms with Gasteiger partial charge in [-0.3, -0.25) is 9.59 Å². The molecule has 0 aliphatic rings. The molecule has 4 N–H and O–H groups in total. The molecule has 0 heterocycles. The van der Waals surface area contributed by atoms with Crippen LogP contribution in [0.15, 0.2) is 0 Å². The highest BCUT2D eigenvalue weighted by Gasteiger charge is 2.25. The van der Waals surface area contributed by atoms with E-state index in [1.165, 1.54) is 6.92 Å². The summed E-state index contributed by atoms with van der Waals surface area (Å²) in [4.78, 5) is 21.5. The molecule has 2 atom stereocenters. The second kappa shape index (κ2) is 6.72. The van der Waals surface area contributed by atoms with Crippen LogP contribution in [0.3, 0.4) is 0 Å². The van der Waals surface area contributed by atoms with Crippen LogP contribution in [-0.2, 0) is 14.3 Å². The van der Waals surface area contributed by atoms with Crippen LogP contribution in [0.4, 0.5) is 0 Å². The van der Waals surface area contributed by atoms with Crippen LogP contribution in [0.25, 0.3) is 0 Å². The Hall–Kier alpha value is -0.790. The fourth-order valence-corrected chi connectivity index (χ4v) is 1.12. The lowest BCUT2D eigenvalue weighted by Crippen LogP contribution is -2.36. The minimum atomic E-state index is -1.39. The number of carboxylic acids is 1. The van der Waals surface area contributed by atoms with E-state index in [4.69, 9.17) is 15.6 Å². The fourth-order valence-electron chi connectivity index (χ4n) is 0.967. The number of nitrogens with two attached hydrogens (primary N) is 1. The predicted octanol–water partition coefficient (Wildman–Crippen LogP) is -0.597. The van der Waals surface area contributed by atoms with Gasteiger partial charge in [-0.05, 0) is 6.92 Å². The average molecular weight is 251 g/mol. The Labute approximate surface area is 99.2 Å². The Morgan fingerprint density at radius 2 is 2.12 bits per heavy atom. The molecule has 0 bridgehead atoms. The molecule has 94 valence electrons. The van der Waals surface area contributed by atoms with Crippen molar-refractivity contribution in [2.75, 3.05) is 12.4 Å². The molecular formula is C9H17NO5S. The molecule has 0 spiro atoms. The van der Waals surface area contributed by atoms with Gasteiger partial charge in [0.15, 0.2) is 0 Å². The molecule has 16 heavy (non-hydrogen) atoms. The average Bonchev–Trinajstić information content (AvgIpc) is 2.13. The molecule has 0 radical (unpaired) electrons. The number of carbonyl (C=O) groups excluding carboxylic acids is 1. The molecule has 0 rings (SSSR count). The number of aliphatic carboxylic acids is 1. The van der Waals surface area contributed by atoms with E-state index in [2.05, 4.69) is 12.6 Å². The van der Waals surface area contributed by atoms with Crippen molar-refractivity contribution < 1.29 is 24.5 Å². The molecule has 0 saturated carbocycles. The van der Waals surface area contributed by atoms with Gasteiger partial charge in [0, 0.05) is 12.2 Å². The van der Waals surface area contributed by atoms with E-state index < -0.39 is 30.0 Å². The molecule has 6 nitrogen and oxygen atoms in total. The number of esters is 1. The molecule has 0 fully saturated rings. The third-order valence-corrected chi connectivity index (χ3v) is 2.31. The van der Waals surface area contributed by atoms with Gasteiger partial charge >= 0.3 is 11.9 Å². The summed E-state index contributed by atoms with van der Waals surface area (Å²) in [6.45, 7) is 1.30. The van der Waals surface area contributed by atoms with Gasteiger partial charge in [0.2, 0.25) is 0 Å². The number of carbonyl (C=O) groups is 2. The lowest BCUT2D eigenvalue weighted by Gasteiger charge is -2.20. The molecule has 0 aromatic rings. The summed E-state index contributed by atoms with van der Waals surface area (Å²) in [5.74, 6) is -1.55. The Morgan fingerprint density at radius 1 is 1.56 bits per heavy atom. The first-order valence-corrected chi connectivity index (χ1v) is 5.39. The monoisotopic (exact) mass is 251 g/mol. The molecular weight excluding hydrogens is 234 g/mol. The number of hydrogen-bond donors (Lipinski definition) is 4. The summed E-state index contributed by atoms with van der Waals surface area (Å²) in [7, 11) is 0. The Morgan fingerprint density at radius 3 is 2.56 bits per heavy atom. The summed E-state index contributed by atoms with van der Waals surface area (Å²) in [6, 6.07) is -0.798. The summed E-state index contributed by atoms with van der Waals surface area (Å²) in [5, 5.41) is 18.1. The zero-order chi connectivity index (χ0) is 12.8. The van der Waals surface area contributed by atoms with Gasteiger partial charge in [-0.15, -0.1) is 0 Å². The SMILES string of the molecule is CC(O)(CCOC(=O)[C@@H](N)CS)CC(=O)O. The van der Waals surface area contributed by atoms with E-state index >= 15 is 0 Å². The zero-order valence-corrected chi connectivity index (χ0v) is 9.94. The molecule has 0 aromatic carbocycles. The van der Waals surface area contributed by atoms with Crippen molar-refractivity contribution in [1.29, 1.82) is 0 Å². The number of rotatable bonds is 7. The highest BCUT2D eigenvalue weighted by molar-refractivity contribution is 7.80. The molecule has 0 aliphatic carbocycles. The van der Waals surface area contributed by atoms with Crippen LogP contribution >= 0.6 is 12.6 Å². The van der Waals surface area contributed by atoms with Crippen molar-refractivity contribution in [2.45, 2.75) is 31.4 Å². The van der Waals surface area contributed by atoms with Gasteiger partial charge < -0.3 is 20.7 Å². The third-order valence-electron chi connectivity index (χ3n) is 1.92. The highest BCUT2D eigenvalue weighted by Crippen LogP contribution is 2.14. The van der Waals surface area contributed by atoms with E-state index in [9.17, 15) is 14.7 Å². The smallest absolute Gasteiger partial charge is 0.323 e. The first kappa shape index (κ1) is 15.2. The summed E-state index contributed by atoms with van der Waals surface area (Å²) in [6.07, 6.45) is -0.354. The van der Waals surface area contributed by atoms with Crippen molar-refractivity contribution in [3.05, 3.63) is 0 Å². The maximum atomic E-state index is 11.1. The van der Waals surface area contributed by atoms with Crippen molar-refractivity contribution >= 4 is 24.6 Å². The molecule has 0 amide bonds. The van der Waals surface area contributed by atoms with E-state index in [0.29, 0.717) is 0 Å². The van der Waals surface area contributed by atoms with Crippen LogP contribution in [0.2, 0.25) is 0 Å². The number of hydrogen-bond acceptors (Lipinski definition) is 6. The van der Waals surface area contributed by atoms with Crippen LogP contribution in [0.5, 0.6) is 0 Å². The Kier molecular flexibility index (Phi) is 6.39. The number of thiol groups is 1. The highest BCUT2D eigenvalue weighted by atomic mass is 32.1. The second-order valence-corrected chi connectivity index (χ2v) is 4.14. The lowest BCUT2D eigenvalue weighted by molar-refractivity contribution is -0.147. The minimum absolute atomic E-state index is 0.0460. The quantitative estimate of drug-likeness (QED) is 0.355. The van der Waals surface area contributed by atoms with E-state index in [1.54, 1.807) is 0 Å². The van der Waals surface area contributed by atoms with Gasteiger partial charge in [0.1, 0.15) is 6.04 Å². The predicted molar refractivity (Wildman–Crippen MR) is 60.3 cm³/mol. The van der Waals surface area contributed by atoms with E-state index in [0.717, 1.165) is 0 Å². The molecule has 7 heteroatoms. The fraction of sp³-hybridized carbons (Fsp3) is 0.778. The van der Waals surface area contributed by atoms with Gasteiger partial charge in [0.25, 0.3) is 0 Å². The largest absolute Gasteiger partial charge is 0.481 e. The Balaban J connectivity index is 3.89. The number of ether oxygens (including phenoxy) is 1. The first-order chi connectivity index (χ1) is 7.28. The topological polar surface area (TPSA) is 110 Å². The number of aliphatic hydroxyl groups is 1. The summed E-state index contributed by atoms with van der Waals surface area (Å²) in [5.41, 5.74) is 3.95. The molecule has 0 aromatic heterocycles. The van der Waals surface area contributed by atoms with Crippen LogP contribution in [0, 0.1) is 0 Å². The van der Waals surface area contributed by atoms with Crippen LogP contribution in [0.1, 0.15) is 19.8 Å². The van der Waals surface area contributed by atoms with Crippen molar-refractivity contribution in [2.24, 2.45) is 5.73 Å². The molecule has 0 aliphatic heterocycles. The zero-order valence-electron chi connectivity index (χ0n) is 9.05. The standard InChI is InChI=1S/C9H17NO5S/c1-9(14,4-7(11)12)2-3-15-8(13)6(10)5-16/h6,14,16H,2-5,10H2,1H3,(H,11,12)/t6-,9?/m0/s1. The maximum Gasteiger partial charge on any atom is 0.323 e. The second-order valence-electron chi connectivity index (χ2n) is 3.77. The first-order valence-electron chi connectivity index (χ1n) is 4.76. The van der Waals surface area contributed by atoms with E-state index in [1.807, 2.05) is 0 Å². The van der Waals surface area contributed by atoms with Crippen LogP contribution < -0.4 is 5.73 Å². The van der Waals surface area contributed by atoms with Crippen LogP contribution in [-0.4, -0.2) is 46.2 Å². The summed E-state index contributed by atoms with van der Waals surface area (Å²) >= 11 is 3.83. The maximum absolute atomic E-state index is 11.1. The summed E-state index contributed by atoms with van der Waals surface area (Å²) < 4.78 is 4.75. The third kappa shape index (κ3) is 6.65.